The first-order chi connectivity index (χ1) is 6.75. The molecule has 2 N–H and O–H groups in total. The molecule has 3 atom stereocenters. The Morgan fingerprint density at radius 2 is 1.79 bits per heavy atom. The molecule has 0 aliphatic heterocycles. The third-order valence-corrected chi connectivity index (χ3v) is 3.25. The molecule has 1 aliphatic rings. The molecule has 0 amide bonds. The first-order valence-corrected chi connectivity index (χ1v) is 5.56. The summed E-state index contributed by atoms with van der Waals surface area (Å²) < 4.78 is 0. The van der Waals surface area contributed by atoms with Crippen LogP contribution in [0.3, 0.4) is 0 Å². The molecule has 1 heteroatoms. The van der Waals surface area contributed by atoms with Gasteiger partial charge in [0.05, 0.1) is 0 Å². The predicted molar refractivity (Wildman–Crippen MR) is 60.2 cm³/mol. The maximum Gasteiger partial charge on any atom is 0.00471 e. The van der Waals surface area contributed by atoms with Crippen molar-refractivity contribution in [2.75, 3.05) is 0 Å². The van der Waals surface area contributed by atoms with Gasteiger partial charge in [-0.05, 0) is 36.7 Å². The molecule has 0 heterocycles. The van der Waals surface area contributed by atoms with Crippen LogP contribution in [0.25, 0.3) is 0 Å². The van der Waals surface area contributed by atoms with Crippen LogP contribution in [0.1, 0.15) is 37.7 Å². The minimum absolute atomic E-state index is 0.406. The van der Waals surface area contributed by atoms with Crippen molar-refractivity contribution in [3.63, 3.8) is 0 Å². The molecule has 1 nitrogen and oxygen atoms in total. The second-order valence-electron chi connectivity index (χ2n) is 4.68. The standard InChI is InChI=1S/C13H19N/c1-10-7-12(9-13(14)8-10)11-5-3-2-4-6-11/h2-6,10,12-13H,7-9,14H2,1H3. The lowest BCUT2D eigenvalue weighted by Crippen LogP contribution is -2.30. The van der Waals surface area contributed by atoms with E-state index in [9.17, 15) is 0 Å². The van der Waals surface area contributed by atoms with E-state index in [4.69, 9.17) is 5.73 Å². The van der Waals surface area contributed by atoms with Crippen LogP contribution in [0, 0.1) is 5.92 Å². The largest absolute Gasteiger partial charge is 0.328 e. The first-order valence-electron chi connectivity index (χ1n) is 5.56. The fourth-order valence-corrected chi connectivity index (χ4v) is 2.65. The maximum atomic E-state index is 6.05. The van der Waals surface area contributed by atoms with E-state index in [0.717, 1.165) is 12.3 Å². The van der Waals surface area contributed by atoms with Gasteiger partial charge in [-0.1, -0.05) is 37.3 Å². The predicted octanol–water partition coefficient (Wildman–Crippen LogP) is 2.92. The monoisotopic (exact) mass is 189 g/mol. The van der Waals surface area contributed by atoms with Gasteiger partial charge in [0.1, 0.15) is 0 Å². The summed E-state index contributed by atoms with van der Waals surface area (Å²) in [6, 6.07) is 11.2. The van der Waals surface area contributed by atoms with Gasteiger partial charge < -0.3 is 5.73 Å². The highest BCUT2D eigenvalue weighted by Gasteiger charge is 2.24. The summed E-state index contributed by atoms with van der Waals surface area (Å²) in [5.74, 6) is 1.47. The van der Waals surface area contributed by atoms with Gasteiger partial charge in [0.25, 0.3) is 0 Å². The molecule has 1 aromatic rings. The van der Waals surface area contributed by atoms with Crippen LogP contribution in [0.15, 0.2) is 30.3 Å². The van der Waals surface area contributed by atoms with E-state index in [2.05, 4.69) is 37.3 Å². The van der Waals surface area contributed by atoms with Crippen LogP contribution in [0.5, 0.6) is 0 Å². The quantitative estimate of drug-likeness (QED) is 0.722. The number of benzene rings is 1. The molecule has 1 aromatic carbocycles. The van der Waals surface area contributed by atoms with Crippen LogP contribution in [0.4, 0.5) is 0 Å². The summed E-state index contributed by atoms with van der Waals surface area (Å²) in [6.45, 7) is 2.31. The fourth-order valence-electron chi connectivity index (χ4n) is 2.65. The SMILES string of the molecule is CC1CC(N)CC(c2ccccc2)C1. The van der Waals surface area contributed by atoms with E-state index in [0.29, 0.717) is 12.0 Å². The summed E-state index contributed by atoms with van der Waals surface area (Å²) in [5.41, 5.74) is 7.52. The number of nitrogens with two attached hydrogens (primary N) is 1. The first kappa shape index (κ1) is 9.72. The zero-order valence-corrected chi connectivity index (χ0v) is 8.82. The van der Waals surface area contributed by atoms with Crippen molar-refractivity contribution >= 4 is 0 Å². The molecule has 1 fully saturated rings. The van der Waals surface area contributed by atoms with E-state index in [1.807, 2.05) is 0 Å². The Morgan fingerprint density at radius 3 is 2.43 bits per heavy atom. The Hall–Kier alpha value is -0.820. The second kappa shape index (κ2) is 4.14. The van der Waals surface area contributed by atoms with Crippen molar-refractivity contribution in [3.8, 4) is 0 Å². The average molecular weight is 189 g/mol. The Labute approximate surface area is 86.3 Å². The summed E-state index contributed by atoms with van der Waals surface area (Å²) in [5, 5.41) is 0. The van der Waals surface area contributed by atoms with E-state index in [1.54, 1.807) is 0 Å². The van der Waals surface area contributed by atoms with Crippen LogP contribution < -0.4 is 5.73 Å². The van der Waals surface area contributed by atoms with E-state index < -0.39 is 0 Å². The molecule has 3 unspecified atom stereocenters. The maximum absolute atomic E-state index is 6.05. The molecule has 0 aromatic heterocycles. The van der Waals surface area contributed by atoms with Crippen LogP contribution >= 0.6 is 0 Å². The van der Waals surface area contributed by atoms with E-state index in [-0.39, 0.29) is 0 Å². The van der Waals surface area contributed by atoms with Crippen molar-refractivity contribution in [1.82, 2.24) is 0 Å². The highest BCUT2D eigenvalue weighted by Crippen LogP contribution is 2.35. The number of rotatable bonds is 1. The van der Waals surface area contributed by atoms with Crippen molar-refractivity contribution in [1.29, 1.82) is 0 Å². The molecule has 0 radical (unpaired) electrons. The molecule has 2 rings (SSSR count). The summed E-state index contributed by atoms with van der Waals surface area (Å²) >= 11 is 0. The van der Waals surface area contributed by atoms with Gasteiger partial charge in [-0.15, -0.1) is 0 Å². The van der Waals surface area contributed by atoms with Crippen LogP contribution in [-0.4, -0.2) is 6.04 Å². The van der Waals surface area contributed by atoms with Crippen molar-refractivity contribution in [2.24, 2.45) is 11.7 Å². The lowest BCUT2D eigenvalue weighted by atomic mass is 9.77. The highest BCUT2D eigenvalue weighted by molar-refractivity contribution is 5.20. The third kappa shape index (κ3) is 2.16. The van der Waals surface area contributed by atoms with Crippen molar-refractivity contribution in [3.05, 3.63) is 35.9 Å². The zero-order valence-electron chi connectivity index (χ0n) is 8.82. The molecule has 1 aliphatic carbocycles. The molecule has 0 saturated heterocycles. The molecular weight excluding hydrogens is 170 g/mol. The number of hydrogen-bond donors (Lipinski definition) is 1. The van der Waals surface area contributed by atoms with Gasteiger partial charge in [0.2, 0.25) is 0 Å². The number of hydrogen-bond acceptors (Lipinski definition) is 1. The smallest absolute Gasteiger partial charge is 0.00471 e. The van der Waals surface area contributed by atoms with Crippen LogP contribution in [-0.2, 0) is 0 Å². The molecule has 1 saturated carbocycles. The van der Waals surface area contributed by atoms with Gasteiger partial charge in [-0.3, -0.25) is 0 Å². The van der Waals surface area contributed by atoms with Crippen molar-refractivity contribution in [2.45, 2.75) is 38.1 Å². The Bertz CT molecular complexity index is 271. The van der Waals surface area contributed by atoms with Gasteiger partial charge in [-0.2, -0.15) is 0 Å². The topological polar surface area (TPSA) is 26.0 Å². The minimum atomic E-state index is 0.406. The normalized spacial score (nSPS) is 32.9. The lowest BCUT2D eigenvalue weighted by Gasteiger charge is -2.31. The molecule has 14 heavy (non-hydrogen) atoms. The Balaban J connectivity index is 2.11. The highest BCUT2D eigenvalue weighted by atomic mass is 14.6. The average Bonchev–Trinajstić information content (AvgIpc) is 2.18. The third-order valence-electron chi connectivity index (χ3n) is 3.25. The van der Waals surface area contributed by atoms with Gasteiger partial charge in [-0.25, -0.2) is 0 Å². The zero-order chi connectivity index (χ0) is 9.97. The van der Waals surface area contributed by atoms with E-state index in [1.165, 1.54) is 18.4 Å². The Kier molecular flexibility index (Phi) is 2.87. The molecule has 0 spiro atoms. The Morgan fingerprint density at radius 1 is 1.07 bits per heavy atom. The molecule has 76 valence electrons. The second-order valence-corrected chi connectivity index (χ2v) is 4.68. The molecular formula is C13H19N. The summed E-state index contributed by atoms with van der Waals surface area (Å²) in [6.07, 6.45) is 3.66. The lowest BCUT2D eigenvalue weighted by molar-refractivity contribution is 0.308. The van der Waals surface area contributed by atoms with Gasteiger partial charge >= 0.3 is 0 Å². The summed E-state index contributed by atoms with van der Waals surface area (Å²) in [4.78, 5) is 0. The van der Waals surface area contributed by atoms with Gasteiger partial charge in [0, 0.05) is 6.04 Å². The summed E-state index contributed by atoms with van der Waals surface area (Å²) in [7, 11) is 0. The van der Waals surface area contributed by atoms with Crippen LogP contribution in [0.2, 0.25) is 0 Å². The fraction of sp³-hybridized carbons (Fsp3) is 0.538. The van der Waals surface area contributed by atoms with E-state index >= 15 is 0 Å². The minimum Gasteiger partial charge on any atom is -0.328 e. The molecule has 0 bridgehead atoms. The van der Waals surface area contributed by atoms with Gasteiger partial charge in [0.15, 0.2) is 0 Å². The van der Waals surface area contributed by atoms with Crippen molar-refractivity contribution < 1.29 is 0 Å².